The van der Waals surface area contributed by atoms with Crippen LogP contribution in [-0.4, -0.2) is 19.0 Å². The van der Waals surface area contributed by atoms with E-state index in [1.807, 2.05) is 38.1 Å². The number of nitrogens with two attached hydrogens (primary N) is 1. The summed E-state index contributed by atoms with van der Waals surface area (Å²) in [5.74, 6) is 0.0370. The van der Waals surface area contributed by atoms with E-state index in [-0.39, 0.29) is 11.8 Å². The lowest BCUT2D eigenvalue weighted by Gasteiger charge is -2.18. The molecule has 3 heteroatoms. The summed E-state index contributed by atoms with van der Waals surface area (Å²) in [7, 11) is 0. The van der Waals surface area contributed by atoms with Crippen LogP contribution >= 0.6 is 0 Å². The summed E-state index contributed by atoms with van der Waals surface area (Å²) in [5.41, 5.74) is 7.82. The number of amides is 1. The second kappa shape index (κ2) is 7.07. The van der Waals surface area contributed by atoms with E-state index in [4.69, 9.17) is 5.73 Å². The van der Waals surface area contributed by atoms with Gasteiger partial charge in [-0.1, -0.05) is 24.3 Å². The first-order chi connectivity index (χ1) is 8.20. The van der Waals surface area contributed by atoms with Crippen molar-refractivity contribution in [2.45, 2.75) is 32.6 Å². The molecule has 0 aromatic heterocycles. The highest BCUT2D eigenvalue weighted by Crippen LogP contribution is 2.24. The van der Waals surface area contributed by atoms with Crippen molar-refractivity contribution in [1.29, 1.82) is 0 Å². The van der Waals surface area contributed by atoms with E-state index in [1.54, 1.807) is 0 Å². The number of benzene rings is 1. The first-order valence-corrected chi connectivity index (χ1v) is 6.24. The van der Waals surface area contributed by atoms with Gasteiger partial charge in [0.25, 0.3) is 0 Å². The lowest BCUT2D eigenvalue weighted by atomic mass is 9.90. The van der Waals surface area contributed by atoms with Gasteiger partial charge >= 0.3 is 0 Å². The van der Waals surface area contributed by atoms with Crippen molar-refractivity contribution >= 4 is 5.91 Å². The fourth-order valence-corrected chi connectivity index (χ4v) is 2.03. The Morgan fingerprint density at radius 1 is 1.41 bits per heavy atom. The van der Waals surface area contributed by atoms with Crippen molar-refractivity contribution < 1.29 is 4.79 Å². The normalized spacial score (nSPS) is 12.2. The fraction of sp³-hybridized carbons (Fsp3) is 0.500. The van der Waals surface area contributed by atoms with Crippen LogP contribution in [-0.2, 0) is 4.79 Å². The second-order valence-electron chi connectivity index (χ2n) is 4.23. The summed E-state index contributed by atoms with van der Waals surface area (Å²) in [5, 5.41) is 2.90. The van der Waals surface area contributed by atoms with Crippen LogP contribution in [0.5, 0.6) is 0 Å². The predicted molar refractivity (Wildman–Crippen MR) is 70.9 cm³/mol. The molecule has 0 saturated carbocycles. The second-order valence-corrected chi connectivity index (χ2v) is 4.23. The van der Waals surface area contributed by atoms with Crippen molar-refractivity contribution in [3.8, 4) is 0 Å². The van der Waals surface area contributed by atoms with Crippen LogP contribution < -0.4 is 11.1 Å². The van der Waals surface area contributed by atoms with Gasteiger partial charge in [0.1, 0.15) is 0 Å². The Bertz CT molecular complexity index is 363. The molecular formula is C14H22N2O. The van der Waals surface area contributed by atoms with Crippen molar-refractivity contribution in [3.05, 3.63) is 35.4 Å². The lowest BCUT2D eigenvalue weighted by molar-refractivity contribution is -0.122. The first kappa shape index (κ1) is 13.7. The minimum Gasteiger partial charge on any atom is -0.356 e. The predicted octanol–water partition coefficient (Wildman–Crippen LogP) is 1.95. The first-order valence-electron chi connectivity index (χ1n) is 6.24. The van der Waals surface area contributed by atoms with E-state index in [1.165, 1.54) is 5.56 Å². The van der Waals surface area contributed by atoms with Crippen molar-refractivity contribution in [1.82, 2.24) is 5.32 Å². The molecule has 1 amide bonds. The van der Waals surface area contributed by atoms with Crippen LogP contribution in [0.25, 0.3) is 0 Å². The van der Waals surface area contributed by atoms with E-state index in [9.17, 15) is 4.79 Å². The molecular weight excluding hydrogens is 212 g/mol. The summed E-state index contributed by atoms with van der Waals surface area (Å²) in [6, 6.07) is 8.06. The number of likely N-dealkylation sites (N-methyl/N-ethyl adjacent to an activating group) is 1. The van der Waals surface area contributed by atoms with Crippen molar-refractivity contribution in [2.75, 3.05) is 13.1 Å². The van der Waals surface area contributed by atoms with E-state index in [2.05, 4.69) is 5.32 Å². The summed E-state index contributed by atoms with van der Waals surface area (Å²) >= 11 is 0. The highest BCUT2D eigenvalue weighted by Gasteiger charge is 2.20. The highest BCUT2D eigenvalue weighted by atomic mass is 16.1. The molecule has 1 unspecified atom stereocenters. The number of carbonyl (C=O) groups is 1. The number of hydrogen-bond donors (Lipinski definition) is 2. The summed E-state index contributed by atoms with van der Waals surface area (Å²) in [6.07, 6.45) is 1.68. The van der Waals surface area contributed by atoms with Gasteiger partial charge in [0.15, 0.2) is 0 Å². The van der Waals surface area contributed by atoms with Gasteiger partial charge in [-0.25, -0.2) is 0 Å². The zero-order chi connectivity index (χ0) is 12.7. The number of aryl methyl sites for hydroxylation is 1. The Morgan fingerprint density at radius 2 is 2.12 bits per heavy atom. The minimum atomic E-state index is -0.0697. The van der Waals surface area contributed by atoms with Crippen LogP contribution in [0.2, 0.25) is 0 Å². The van der Waals surface area contributed by atoms with Crippen LogP contribution in [0.4, 0.5) is 0 Å². The maximum atomic E-state index is 12.0. The molecule has 1 aromatic carbocycles. The molecule has 0 bridgehead atoms. The Labute approximate surface area is 103 Å². The Kier molecular flexibility index (Phi) is 5.70. The smallest absolute Gasteiger partial charge is 0.227 e. The SMILES string of the molecule is CCNC(=O)C(CCCN)c1ccccc1C. The molecule has 17 heavy (non-hydrogen) atoms. The van der Waals surface area contributed by atoms with Gasteiger partial charge in [-0.05, 0) is 44.4 Å². The Balaban J connectivity index is 2.89. The molecule has 94 valence electrons. The van der Waals surface area contributed by atoms with Gasteiger partial charge in [0.05, 0.1) is 5.92 Å². The topological polar surface area (TPSA) is 55.1 Å². The molecule has 0 aliphatic heterocycles. The molecule has 1 aromatic rings. The largest absolute Gasteiger partial charge is 0.356 e. The van der Waals surface area contributed by atoms with Crippen LogP contribution in [0, 0.1) is 6.92 Å². The zero-order valence-electron chi connectivity index (χ0n) is 10.7. The van der Waals surface area contributed by atoms with Crippen molar-refractivity contribution in [3.63, 3.8) is 0 Å². The van der Waals surface area contributed by atoms with Crippen LogP contribution in [0.1, 0.15) is 36.8 Å². The van der Waals surface area contributed by atoms with Crippen LogP contribution in [0.3, 0.4) is 0 Å². The fourth-order valence-electron chi connectivity index (χ4n) is 2.03. The van der Waals surface area contributed by atoms with Gasteiger partial charge in [0.2, 0.25) is 5.91 Å². The maximum Gasteiger partial charge on any atom is 0.227 e. The summed E-state index contributed by atoms with van der Waals surface area (Å²) in [6.45, 7) is 5.28. The van der Waals surface area contributed by atoms with Crippen molar-refractivity contribution in [2.24, 2.45) is 5.73 Å². The van der Waals surface area contributed by atoms with E-state index >= 15 is 0 Å². The highest BCUT2D eigenvalue weighted by molar-refractivity contribution is 5.83. The zero-order valence-corrected chi connectivity index (χ0v) is 10.7. The van der Waals surface area contributed by atoms with Gasteiger partial charge in [-0.15, -0.1) is 0 Å². The number of carbonyl (C=O) groups excluding carboxylic acids is 1. The standard InChI is InChI=1S/C14H22N2O/c1-3-16-14(17)13(9-6-10-15)12-8-5-4-7-11(12)2/h4-5,7-8,13H,3,6,9-10,15H2,1-2H3,(H,16,17). The molecule has 0 saturated heterocycles. The van der Waals surface area contributed by atoms with Gasteiger partial charge < -0.3 is 11.1 Å². The third-order valence-corrected chi connectivity index (χ3v) is 2.93. The van der Waals surface area contributed by atoms with Gasteiger partial charge in [-0.2, -0.15) is 0 Å². The number of nitrogens with one attached hydrogen (secondary N) is 1. The molecule has 0 aliphatic rings. The summed E-state index contributed by atoms with van der Waals surface area (Å²) in [4.78, 5) is 12.0. The lowest BCUT2D eigenvalue weighted by Crippen LogP contribution is -2.29. The van der Waals surface area contributed by atoms with E-state index in [0.29, 0.717) is 13.1 Å². The Hall–Kier alpha value is -1.35. The van der Waals surface area contributed by atoms with Gasteiger partial charge in [-0.3, -0.25) is 4.79 Å². The average molecular weight is 234 g/mol. The third-order valence-electron chi connectivity index (χ3n) is 2.93. The van der Waals surface area contributed by atoms with Crippen LogP contribution in [0.15, 0.2) is 24.3 Å². The Morgan fingerprint density at radius 3 is 2.71 bits per heavy atom. The molecule has 0 radical (unpaired) electrons. The molecule has 0 heterocycles. The monoisotopic (exact) mass is 234 g/mol. The molecule has 0 spiro atoms. The average Bonchev–Trinajstić information content (AvgIpc) is 2.32. The number of rotatable bonds is 6. The quantitative estimate of drug-likeness (QED) is 0.790. The molecule has 0 aliphatic carbocycles. The third kappa shape index (κ3) is 3.86. The molecule has 1 atom stereocenters. The van der Waals surface area contributed by atoms with E-state index < -0.39 is 0 Å². The molecule has 0 fully saturated rings. The number of hydrogen-bond acceptors (Lipinski definition) is 2. The minimum absolute atomic E-state index is 0.0697. The summed E-state index contributed by atoms with van der Waals surface area (Å²) < 4.78 is 0. The van der Waals surface area contributed by atoms with E-state index in [0.717, 1.165) is 18.4 Å². The molecule has 3 N–H and O–H groups in total. The molecule has 3 nitrogen and oxygen atoms in total. The van der Waals surface area contributed by atoms with Gasteiger partial charge in [0, 0.05) is 6.54 Å². The molecule has 1 rings (SSSR count). The maximum absolute atomic E-state index is 12.0.